The summed E-state index contributed by atoms with van der Waals surface area (Å²) in [5.41, 5.74) is 8.49. The van der Waals surface area contributed by atoms with Crippen LogP contribution < -0.4 is 11.1 Å². The van der Waals surface area contributed by atoms with Gasteiger partial charge in [0.05, 0.1) is 32.7 Å². The second kappa shape index (κ2) is 9.54. The Morgan fingerprint density at radius 1 is 1.15 bits per heavy atom. The van der Waals surface area contributed by atoms with Crippen LogP contribution in [0.3, 0.4) is 0 Å². The summed E-state index contributed by atoms with van der Waals surface area (Å²) in [6, 6.07) is 8.27. The highest BCUT2D eigenvalue weighted by molar-refractivity contribution is 7.21. The summed E-state index contributed by atoms with van der Waals surface area (Å²) < 4.78 is 14.5. The first-order valence-electron chi connectivity index (χ1n) is 10.9. The zero-order valence-corrected chi connectivity index (χ0v) is 19.5. The van der Waals surface area contributed by atoms with Crippen molar-refractivity contribution in [1.29, 1.82) is 0 Å². The summed E-state index contributed by atoms with van der Waals surface area (Å²) >= 11 is 7.40. The van der Waals surface area contributed by atoms with E-state index < -0.39 is 5.82 Å². The van der Waals surface area contributed by atoms with E-state index in [0.29, 0.717) is 28.9 Å². The Hall–Kier alpha value is -2.88. The lowest BCUT2D eigenvalue weighted by Gasteiger charge is -2.25. The maximum atomic E-state index is 13.6. The molecule has 1 fully saturated rings. The van der Waals surface area contributed by atoms with Crippen molar-refractivity contribution >= 4 is 61.4 Å². The van der Waals surface area contributed by atoms with Crippen molar-refractivity contribution in [2.24, 2.45) is 10.7 Å². The SMILES string of the molecule is NC(=NCCN1CCCCC1)c1nc2ccc3ncnc(Nc4ccc(F)c(Cl)c4)c3c2s1. The number of nitrogens with two attached hydrogens (primary N) is 1. The van der Waals surface area contributed by atoms with Gasteiger partial charge in [-0.05, 0) is 56.3 Å². The number of thiazole rings is 1. The average Bonchev–Trinajstić information content (AvgIpc) is 3.27. The zero-order chi connectivity index (χ0) is 22.8. The van der Waals surface area contributed by atoms with E-state index in [1.807, 2.05) is 12.1 Å². The smallest absolute Gasteiger partial charge is 0.159 e. The van der Waals surface area contributed by atoms with Crippen LogP contribution in [0, 0.1) is 5.82 Å². The molecule has 3 heterocycles. The first-order valence-corrected chi connectivity index (χ1v) is 12.1. The average molecular weight is 484 g/mol. The highest BCUT2D eigenvalue weighted by Crippen LogP contribution is 2.34. The van der Waals surface area contributed by atoms with Gasteiger partial charge in [0, 0.05) is 12.2 Å². The van der Waals surface area contributed by atoms with Crippen molar-refractivity contribution in [3.63, 3.8) is 0 Å². The van der Waals surface area contributed by atoms with E-state index in [1.165, 1.54) is 49.1 Å². The Morgan fingerprint density at radius 2 is 1.97 bits per heavy atom. The van der Waals surface area contributed by atoms with Crippen LogP contribution >= 0.6 is 22.9 Å². The number of fused-ring (bicyclic) bond motifs is 3. The lowest BCUT2D eigenvalue weighted by molar-refractivity contribution is 0.235. The molecule has 0 atom stereocenters. The molecule has 5 rings (SSSR count). The van der Waals surface area contributed by atoms with Crippen LogP contribution in [-0.2, 0) is 0 Å². The van der Waals surface area contributed by atoms with Crippen molar-refractivity contribution in [2.75, 3.05) is 31.5 Å². The molecule has 1 aliphatic rings. The van der Waals surface area contributed by atoms with Crippen molar-refractivity contribution in [1.82, 2.24) is 19.9 Å². The van der Waals surface area contributed by atoms with E-state index in [2.05, 4.69) is 25.2 Å². The number of nitrogens with zero attached hydrogens (tertiary/aromatic N) is 5. The fraction of sp³-hybridized carbons (Fsp3) is 0.304. The monoisotopic (exact) mass is 483 g/mol. The fourth-order valence-corrected chi connectivity index (χ4v) is 5.22. The van der Waals surface area contributed by atoms with Crippen LogP contribution in [0.1, 0.15) is 24.3 Å². The normalized spacial score (nSPS) is 15.4. The molecule has 0 bridgehead atoms. The van der Waals surface area contributed by atoms with Crippen LogP contribution in [0.4, 0.5) is 15.9 Å². The van der Waals surface area contributed by atoms with E-state index >= 15 is 0 Å². The lowest BCUT2D eigenvalue weighted by atomic mass is 10.1. The second-order valence-electron chi connectivity index (χ2n) is 7.97. The number of anilines is 2. The molecule has 10 heteroatoms. The Morgan fingerprint density at radius 3 is 2.79 bits per heavy atom. The van der Waals surface area contributed by atoms with Crippen LogP contribution in [0.2, 0.25) is 5.02 Å². The van der Waals surface area contributed by atoms with Gasteiger partial charge < -0.3 is 16.0 Å². The number of hydrogen-bond acceptors (Lipinski definition) is 7. The summed E-state index contributed by atoms with van der Waals surface area (Å²) in [7, 11) is 0. The maximum Gasteiger partial charge on any atom is 0.159 e. The third kappa shape index (κ3) is 4.75. The van der Waals surface area contributed by atoms with Crippen molar-refractivity contribution in [2.45, 2.75) is 19.3 Å². The highest BCUT2D eigenvalue weighted by Gasteiger charge is 2.15. The molecule has 2 aromatic heterocycles. The topological polar surface area (TPSA) is 92.3 Å². The zero-order valence-electron chi connectivity index (χ0n) is 17.9. The molecule has 7 nitrogen and oxygen atoms in total. The van der Waals surface area contributed by atoms with Gasteiger partial charge >= 0.3 is 0 Å². The molecular weight excluding hydrogens is 461 g/mol. The quantitative estimate of drug-likeness (QED) is 0.297. The lowest BCUT2D eigenvalue weighted by Crippen LogP contribution is -2.32. The van der Waals surface area contributed by atoms with Gasteiger partial charge in [-0.15, -0.1) is 11.3 Å². The molecule has 4 aromatic rings. The first-order chi connectivity index (χ1) is 16.1. The molecule has 33 heavy (non-hydrogen) atoms. The van der Waals surface area contributed by atoms with Crippen LogP contribution in [0.25, 0.3) is 21.1 Å². The minimum Gasteiger partial charge on any atom is -0.381 e. The fourth-order valence-electron chi connectivity index (χ4n) is 4.01. The largest absolute Gasteiger partial charge is 0.381 e. The molecule has 1 aliphatic heterocycles. The Balaban J connectivity index is 1.45. The summed E-state index contributed by atoms with van der Waals surface area (Å²) in [4.78, 5) is 20.5. The third-order valence-electron chi connectivity index (χ3n) is 5.70. The minimum atomic E-state index is -0.473. The molecule has 0 spiro atoms. The van der Waals surface area contributed by atoms with Gasteiger partial charge in [-0.2, -0.15) is 0 Å². The molecule has 0 radical (unpaired) electrons. The molecule has 2 aromatic carbocycles. The number of benzene rings is 2. The number of likely N-dealkylation sites (tertiary alicyclic amines) is 1. The Labute approximate surface area is 199 Å². The van der Waals surface area contributed by atoms with Gasteiger partial charge in [-0.3, -0.25) is 4.99 Å². The Kier molecular flexibility index (Phi) is 6.34. The van der Waals surface area contributed by atoms with Crippen molar-refractivity contribution < 1.29 is 4.39 Å². The number of aromatic nitrogens is 3. The highest BCUT2D eigenvalue weighted by atomic mass is 35.5. The van der Waals surface area contributed by atoms with E-state index in [9.17, 15) is 4.39 Å². The van der Waals surface area contributed by atoms with E-state index in [1.54, 1.807) is 6.07 Å². The van der Waals surface area contributed by atoms with Gasteiger partial charge in [0.15, 0.2) is 10.8 Å². The van der Waals surface area contributed by atoms with E-state index in [-0.39, 0.29) is 5.02 Å². The van der Waals surface area contributed by atoms with Crippen LogP contribution in [0.5, 0.6) is 0 Å². The predicted molar refractivity (Wildman–Crippen MR) is 133 cm³/mol. The van der Waals surface area contributed by atoms with Crippen molar-refractivity contribution in [3.05, 3.63) is 52.5 Å². The van der Waals surface area contributed by atoms with E-state index in [4.69, 9.17) is 22.3 Å². The number of piperidine rings is 1. The summed E-state index contributed by atoms with van der Waals surface area (Å²) in [5, 5.41) is 4.76. The Bertz CT molecular complexity index is 1330. The van der Waals surface area contributed by atoms with Crippen molar-refractivity contribution in [3.8, 4) is 0 Å². The summed E-state index contributed by atoms with van der Waals surface area (Å²) in [6.45, 7) is 3.84. The van der Waals surface area contributed by atoms with Crippen LogP contribution in [0.15, 0.2) is 41.7 Å². The number of aliphatic imine (C=N–C) groups is 1. The van der Waals surface area contributed by atoms with Gasteiger partial charge in [0.1, 0.15) is 18.0 Å². The van der Waals surface area contributed by atoms with Crippen LogP contribution in [-0.4, -0.2) is 51.9 Å². The summed E-state index contributed by atoms with van der Waals surface area (Å²) in [6.07, 6.45) is 5.32. The first kappa shape index (κ1) is 21.9. The number of halogens is 2. The molecule has 3 N–H and O–H groups in total. The molecule has 0 aliphatic carbocycles. The second-order valence-corrected chi connectivity index (χ2v) is 9.38. The van der Waals surface area contributed by atoms with Gasteiger partial charge in [-0.25, -0.2) is 19.3 Å². The standard InChI is InChI=1S/C23H23ClFN7S/c24-15-12-14(4-5-16(15)25)30-22-19-17(28-13-29-22)6-7-18-20(19)33-23(31-18)21(26)27-8-11-32-9-2-1-3-10-32/h4-7,12-13H,1-3,8-11H2,(H2,26,27)(H,28,29,30). The molecule has 0 unspecified atom stereocenters. The summed E-state index contributed by atoms with van der Waals surface area (Å²) in [5.74, 6) is 0.557. The molecule has 0 saturated carbocycles. The molecule has 0 amide bonds. The van der Waals surface area contributed by atoms with Gasteiger partial charge in [0.25, 0.3) is 0 Å². The third-order valence-corrected chi connectivity index (χ3v) is 7.11. The number of rotatable bonds is 6. The van der Waals surface area contributed by atoms with E-state index in [0.717, 1.165) is 40.8 Å². The molecular formula is C23H23ClFN7S. The molecule has 1 saturated heterocycles. The number of hydrogen-bond donors (Lipinski definition) is 2. The van der Waals surface area contributed by atoms with Gasteiger partial charge in [0.2, 0.25) is 0 Å². The number of nitrogens with one attached hydrogen (secondary N) is 1. The van der Waals surface area contributed by atoms with Gasteiger partial charge in [-0.1, -0.05) is 18.0 Å². The minimum absolute atomic E-state index is 0.0390. The number of amidine groups is 1. The molecule has 170 valence electrons. The maximum absolute atomic E-state index is 13.6. The predicted octanol–water partition coefficient (Wildman–Crippen LogP) is 4.97.